The standard InChI is InChI=1S/C27H19N3O4/c1-17-15-19(27(32)33)11-13-21(17)24-14-12-20(34-24)16-28-30-25(18-7-3-2-4-8-18)29-23-10-6-5-9-22(23)26(30)31/h2-16H,1H3,(H,32,33). The number of carboxylic acids is 1. The molecule has 0 amide bonds. The highest BCUT2D eigenvalue weighted by molar-refractivity contribution is 5.89. The Morgan fingerprint density at radius 1 is 1.00 bits per heavy atom. The van der Waals surface area contributed by atoms with E-state index in [1.165, 1.54) is 17.0 Å². The third-order valence-corrected chi connectivity index (χ3v) is 5.45. The smallest absolute Gasteiger partial charge is 0.335 e. The topological polar surface area (TPSA) is 97.7 Å². The Kier molecular flexibility index (Phi) is 5.35. The maximum atomic E-state index is 13.2. The number of nitrogens with zero attached hydrogens (tertiary/aromatic N) is 3. The Bertz CT molecular complexity index is 1610. The van der Waals surface area contributed by atoms with Gasteiger partial charge in [-0.1, -0.05) is 48.5 Å². The van der Waals surface area contributed by atoms with E-state index in [1.807, 2.05) is 43.3 Å². The highest BCUT2D eigenvalue weighted by atomic mass is 16.4. The van der Waals surface area contributed by atoms with Gasteiger partial charge in [0.25, 0.3) is 5.56 Å². The van der Waals surface area contributed by atoms with Crippen LogP contribution >= 0.6 is 0 Å². The third-order valence-electron chi connectivity index (χ3n) is 5.45. The summed E-state index contributed by atoms with van der Waals surface area (Å²) in [5, 5.41) is 14.1. The molecule has 0 bridgehead atoms. The lowest BCUT2D eigenvalue weighted by atomic mass is 10.0. The summed E-state index contributed by atoms with van der Waals surface area (Å²) in [6.07, 6.45) is 1.47. The summed E-state index contributed by atoms with van der Waals surface area (Å²) in [5.74, 6) is 0.456. The lowest BCUT2D eigenvalue weighted by Gasteiger charge is -2.09. The van der Waals surface area contributed by atoms with Gasteiger partial charge in [-0.2, -0.15) is 9.78 Å². The molecule has 2 heterocycles. The number of rotatable bonds is 5. The average Bonchev–Trinajstić information content (AvgIpc) is 3.32. The fourth-order valence-corrected chi connectivity index (χ4v) is 3.76. The number of furan rings is 1. The van der Waals surface area contributed by atoms with Crippen molar-refractivity contribution < 1.29 is 14.3 Å². The van der Waals surface area contributed by atoms with Crippen LogP contribution in [0.2, 0.25) is 0 Å². The molecular formula is C27H19N3O4. The van der Waals surface area contributed by atoms with Crippen molar-refractivity contribution in [2.24, 2.45) is 5.10 Å². The maximum Gasteiger partial charge on any atom is 0.335 e. The molecule has 0 aliphatic rings. The van der Waals surface area contributed by atoms with Crippen molar-refractivity contribution in [3.05, 3.63) is 112 Å². The van der Waals surface area contributed by atoms with Gasteiger partial charge in [-0.15, -0.1) is 0 Å². The van der Waals surface area contributed by atoms with Crippen LogP contribution in [0.5, 0.6) is 0 Å². The Hall–Kier alpha value is -4.78. The van der Waals surface area contributed by atoms with Crippen molar-refractivity contribution in [2.45, 2.75) is 6.92 Å². The molecule has 0 saturated carbocycles. The summed E-state index contributed by atoms with van der Waals surface area (Å²) < 4.78 is 7.18. The summed E-state index contributed by atoms with van der Waals surface area (Å²) in [4.78, 5) is 29.1. The first-order valence-corrected chi connectivity index (χ1v) is 10.6. The van der Waals surface area contributed by atoms with Crippen molar-refractivity contribution in [3.8, 4) is 22.7 Å². The lowest BCUT2D eigenvalue weighted by Crippen LogP contribution is -2.20. The summed E-state index contributed by atoms with van der Waals surface area (Å²) in [6, 6.07) is 24.9. The largest absolute Gasteiger partial charge is 0.478 e. The molecule has 5 aromatic rings. The summed E-state index contributed by atoms with van der Waals surface area (Å²) >= 11 is 0. The Labute approximate surface area is 194 Å². The second kappa shape index (κ2) is 8.63. The number of aromatic nitrogens is 2. The van der Waals surface area contributed by atoms with Gasteiger partial charge in [-0.05, 0) is 48.9 Å². The fraction of sp³-hybridized carbons (Fsp3) is 0.0370. The molecule has 0 aliphatic carbocycles. The quantitative estimate of drug-likeness (QED) is 0.371. The molecule has 0 radical (unpaired) electrons. The van der Waals surface area contributed by atoms with E-state index in [0.717, 1.165) is 16.7 Å². The van der Waals surface area contributed by atoms with Gasteiger partial charge in [0, 0.05) is 11.1 Å². The Morgan fingerprint density at radius 2 is 1.76 bits per heavy atom. The van der Waals surface area contributed by atoms with Crippen LogP contribution in [0, 0.1) is 6.92 Å². The molecule has 2 aromatic heterocycles. The van der Waals surface area contributed by atoms with Gasteiger partial charge < -0.3 is 9.52 Å². The lowest BCUT2D eigenvalue weighted by molar-refractivity contribution is 0.0697. The third kappa shape index (κ3) is 3.91. The highest BCUT2D eigenvalue weighted by Crippen LogP contribution is 2.26. The van der Waals surface area contributed by atoms with Crippen molar-refractivity contribution >= 4 is 23.1 Å². The predicted molar refractivity (Wildman–Crippen MR) is 130 cm³/mol. The van der Waals surface area contributed by atoms with E-state index in [4.69, 9.17) is 4.42 Å². The number of fused-ring (bicyclic) bond motifs is 1. The number of benzene rings is 3. The Balaban J connectivity index is 1.56. The van der Waals surface area contributed by atoms with Gasteiger partial charge in [-0.25, -0.2) is 9.78 Å². The molecule has 7 nitrogen and oxygen atoms in total. The van der Waals surface area contributed by atoms with Crippen LogP contribution in [-0.2, 0) is 0 Å². The van der Waals surface area contributed by atoms with Gasteiger partial charge in [-0.3, -0.25) is 4.79 Å². The van der Waals surface area contributed by atoms with Crippen LogP contribution < -0.4 is 5.56 Å². The van der Waals surface area contributed by atoms with Crippen LogP contribution in [0.25, 0.3) is 33.6 Å². The number of para-hydroxylation sites is 1. The van der Waals surface area contributed by atoms with E-state index >= 15 is 0 Å². The number of carboxylic acid groups (broad SMARTS) is 1. The fourth-order valence-electron chi connectivity index (χ4n) is 3.76. The van der Waals surface area contributed by atoms with E-state index in [1.54, 1.807) is 42.5 Å². The van der Waals surface area contributed by atoms with Crippen LogP contribution in [0.4, 0.5) is 0 Å². The van der Waals surface area contributed by atoms with Gasteiger partial charge in [0.2, 0.25) is 0 Å². The zero-order chi connectivity index (χ0) is 23.7. The molecule has 166 valence electrons. The van der Waals surface area contributed by atoms with Crippen LogP contribution in [0.3, 0.4) is 0 Å². The molecule has 1 N–H and O–H groups in total. The molecule has 3 aromatic carbocycles. The van der Waals surface area contributed by atoms with E-state index in [-0.39, 0.29) is 11.1 Å². The molecule has 5 rings (SSSR count). The first kappa shape index (κ1) is 21.1. The zero-order valence-electron chi connectivity index (χ0n) is 18.2. The number of hydrogen-bond acceptors (Lipinski definition) is 5. The summed E-state index contributed by atoms with van der Waals surface area (Å²) in [7, 11) is 0. The molecule has 0 unspecified atom stereocenters. The summed E-state index contributed by atoms with van der Waals surface area (Å²) in [5.41, 5.74) is 2.84. The summed E-state index contributed by atoms with van der Waals surface area (Å²) in [6.45, 7) is 1.82. The van der Waals surface area contributed by atoms with Crippen LogP contribution in [0.1, 0.15) is 21.7 Å². The molecular weight excluding hydrogens is 430 g/mol. The highest BCUT2D eigenvalue weighted by Gasteiger charge is 2.13. The Morgan fingerprint density at radius 3 is 2.53 bits per heavy atom. The molecule has 7 heteroatoms. The average molecular weight is 449 g/mol. The molecule has 0 aliphatic heterocycles. The van der Waals surface area contributed by atoms with Gasteiger partial charge >= 0.3 is 5.97 Å². The van der Waals surface area contributed by atoms with Gasteiger partial charge in [0.15, 0.2) is 5.82 Å². The van der Waals surface area contributed by atoms with Gasteiger partial charge in [0.1, 0.15) is 11.5 Å². The minimum atomic E-state index is -0.981. The van der Waals surface area contributed by atoms with E-state index in [0.29, 0.717) is 28.2 Å². The maximum absolute atomic E-state index is 13.2. The van der Waals surface area contributed by atoms with Crippen molar-refractivity contribution in [1.29, 1.82) is 0 Å². The molecule has 0 spiro atoms. The predicted octanol–water partition coefficient (Wildman–Crippen LogP) is 5.21. The molecule has 34 heavy (non-hydrogen) atoms. The van der Waals surface area contributed by atoms with Gasteiger partial charge in [0.05, 0.1) is 22.7 Å². The monoisotopic (exact) mass is 449 g/mol. The minimum Gasteiger partial charge on any atom is -0.478 e. The van der Waals surface area contributed by atoms with Crippen molar-refractivity contribution in [2.75, 3.05) is 0 Å². The second-order valence-corrected chi connectivity index (χ2v) is 7.72. The number of hydrogen-bond donors (Lipinski definition) is 1. The molecule has 0 atom stereocenters. The van der Waals surface area contributed by atoms with E-state index in [9.17, 15) is 14.7 Å². The number of aromatic carboxylic acids is 1. The number of carbonyl (C=O) groups is 1. The minimum absolute atomic E-state index is 0.214. The normalized spacial score (nSPS) is 11.3. The first-order valence-electron chi connectivity index (χ1n) is 10.6. The van der Waals surface area contributed by atoms with Crippen molar-refractivity contribution in [1.82, 2.24) is 9.66 Å². The van der Waals surface area contributed by atoms with E-state index < -0.39 is 5.97 Å². The first-order chi connectivity index (χ1) is 16.5. The van der Waals surface area contributed by atoms with Crippen LogP contribution in [-0.4, -0.2) is 27.0 Å². The van der Waals surface area contributed by atoms with Crippen LogP contribution in [0.15, 0.2) is 99.2 Å². The zero-order valence-corrected chi connectivity index (χ0v) is 18.2. The second-order valence-electron chi connectivity index (χ2n) is 7.72. The van der Waals surface area contributed by atoms with E-state index in [2.05, 4.69) is 10.1 Å². The molecule has 0 saturated heterocycles. The SMILES string of the molecule is Cc1cc(C(=O)O)ccc1-c1ccc(C=Nn2c(-c3ccccc3)nc3ccccc3c2=O)o1. The number of aryl methyl sites for hydroxylation is 1. The van der Waals surface area contributed by atoms with Crippen molar-refractivity contribution in [3.63, 3.8) is 0 Å². The molecule has 0 fully saturated rings.